The van der Waals surface area contributed by atoms with Gasteiger partial charge in [0.2, 0.25) is 0 Å². The Kier molecular flexibility index (Phi) is 8.56. The summed E-state index contributed by atoms with van der Waals surface area (Å²) >= 11 is 0. The van der Waals surface area contributed by atoms with Crippen LogP contribution < -0.4 is 5.32 Å². The zero-order valence-electron chi connectivity index (χ0n) is 12.4. The molecule has 0 saturated heterocycles. The van der Waals surface area contributed by atoms with Crippen LogP contribution in [0.15, 0.2) is 12.4 Å². The van der Waals surface area contributed by atoms with E-state index >= 15 is 0 Å². The van der Waals surface area contributed by atoms with Gasteiger partial charge in [-0.1, -0.05) is 13.3 Å². The number of aliphatic hydroxyl groups excluding tert-OH is 1. The Bertz CT molecular complexity index is 411. The number of hydrogen-bond donors (Lipinski definition) is 2. The van der Waals surface area contributed by atoms with Gasteiger partial charge in [0.1, 0.15) is 12.4 Å². The fourth-order valence-electron chi connectivity index (χ4n) is 1.74. The van der Waals surface area contributed by atoms with Crippen molar-refractivity contribution in [1.82, 2.24) is 15.1 Å². The first kappa shape index (κ1) is 17.5. The van der Waals surface area contributed by atoms with Crippen LogP contribution in [0.3, 0.4) is 0 Å². The molecule has 8 nitrogen and oxygen atoms in total. The largest absolute Gasteiger partial charge is 0.390 e. The van der Waals surface area contributed by atoms with Crippen molar-refractivity contribution >= 4 is 5.69 Å². The van der Waals surface area contributed by atoms with E-state index in [2.05, 4.69) is 17.3 Å². The van der Waals surface area contributed by atoms with Crippen molar-refractivity contribution in [2.45, 2.75) is 38.8 Å². The number of ether oxygens (including phenoxy) is 1. The average Bonchev–Trinajstić information content (AvgIpc) is 2.90. The van der Waals surface area contributed by atoms with Gasteiger partial charge in [0, 0.05) is 19.8 Å². The molecular weight excluding hydrogens is 276 g/mol. The van der Waals surface area contributed by atoms with Gasteiger partial charge in [0.25, 0.3) is 0 Å². The minimum atomic E-state index is -0.634. The van der Waals surface area contributed by atoms with Crippen LogP contribution in [-0.2, 0) is 11.3 Å². The van der Waals surface area contributed by atoms with E-state index in [-0.39, 0.29) is 12.2 Å². The van der Waals surface area contributed by atoms with Crippen LogP contribution in [0.4, 0.5) is 5.69 Å². The van der Waals surface area contributed by atoms with Crippen LogP contribution in [0.25, 0.3) is 0 Å². The highest BCUT2D eigenvalue weighted by Gasteiger charge is 2.11. The van der Waals surface area contributed by atoms with E-state index in [1.807, 2.05) is 0 Å². The lowest BCUT2D eigenvalue weighted by molar-refractivity contribution is -0.385. The normalized spacial score (nSPS) is 12.5. The van der Waals surface area contributed by atoms with Crippen LogP contribution in [0.1, 0.15) is 26.2 Å². The Morgan fingerprint density at radius 1 is 1.52 bits per heavy atom. The fourth-order valence-corrected chi connectivity index (χ4v) is 1.74. The number of aliphatic hydroxyl groups is 1. The van der Waals surface area contributed by atoms with Gasteiger partial charge in [0.15, 0.2) is 0 Å². The second-order valence-electron chi connectivity index (χ2n) is 4.86. The molecule has 8 heteroatoms. The molecule has 0 aromatic carbocycles. The second-order valence-corrected chi connectivity index (χ2v) is 4.86. The number of nitrogens with zero attached hydrogens (tertiary/aromatic N) is 3. The Hall–Kier alpha value is -1.51. The predicted molar refractivity (Wildman–Crippen MR) is 78.1 cm³/mol. The van der Waals surface area contributed by atoms with Gasteiger partial charge < -0.3 is 15.2 Å². The molecule has 1 aromatic rings. The molecular formula is C13H24N4O4. The summed E-state index contributed by atoms with van der Waals surface area (Å²) in [6, 6.07) is 0. The number of unbranched alkanes of at least 4 members (excludes halogenated alkanes) is 1. The van der Waals surface area contributed by atoms with Crippen LogP contribution in [0.2, 0.25) is 0 Å². The standard InChI is InChI=1S/C13H24N4O4/c1-2-3-6-21-7-4-5-14-9-13(18)11-16-10-12(8-15-16)17(19)20/h8,10,13-14,18H,2-7,9,11H2,1H3. The smallest absolute Gasteiger partial charge is 0.306 e. The molecule has 0 spiro atoms. The zero-order valence-corrected chi connectivity index (χ0v) is 12.4. The molecule has 1 aromatic heterocycles. The molecule has 1 atom stereocenters. The van der Waals surface area contributed by atoms with Crippen LogP contribution in [0.5, 0.6) is 0 Å². The van der Waals surface area contributed by atoms with Crippen LogP contribution in [-0.4, -0.2) is 52.2 Å². The third-order valence-corrected chi connectivity index (χ3v) is 2.89. The molecule has 21 heavy (non-hydrogen) atoms. The molecule has 0 saturated carbocycles. The third-order valence-electron chi connectivity index (χ3n) is 2.89. The highest BCUT2D eigenvalue weighted by Crippen LogP contribution is 2.07. The zero-order chi connectivity index (χ0) is 15.5. The van der Waals surface area contributed by atoms with E-state index in [0.29, 0.717) is 13.2 Å². The minimum absolute atomic E-state index is 0.0700. The van der Waals surface area contributed by atoms with Gasteiger partial charge in [-0.3, -0.25) is 14.8 Å². The van der Waals surface area contributed by atoms with Gasteiger partial charge in [-0.15, -0.1) is 0 Å². The Morgan fingerprint density at radius 2 is 2.29 bits per heavy atom. The molecule has 0 aliphatic carbocycles. The quantitative estimate of drug-likeness (QED) is 0.338. The summed E-state index contributed by atoms with van der Waals surface area (Å²) in [5, 5.41) is 27.3. The van der Waals surface area contributed by atoms with Gasteiger partial charge in [-0.2, -0.15) is 5.10 Å². The summed E-state index contributed by atoms with van der Waals surface area (Å²) in [5.74, 6) is 0. The summed E-state index contributed by atoms with van der Waals surface area (Å²) in [6.07, 6.45) is 4.96. The molecule has 1 unspecified atom stereocenters. The predicted octanol–water partition coefficient (Wildman–Crippen LogP) is 0.949. The van der Waals surface area contributed by atoms with Gasteiger partial charge in [-0.05, 0) is 19.4 Å². The Morgan fingerprint density at radius 3 is 2.95 bits per heavy atom. The Labute approximate surface area is 124 Å². The summed E-state index contributed by atoms with van der Waals surface area (Å²) in [5.41, 5.74) is -0.0700. The number of hydrogen-bond acceptors (Lipinski definition) is 6. The molecule has 2 N–H and O–H groups in total. The molecule has 0 amide bonds. The van der Waals surface area contributed by atoms with E-state index in [1.165, 1.54) is 17.1 Å². The lowest BCUT2D eigenvalue weighted by Gasteiger charge is -2.11. The van der Waals surface area contributed by atoms with Crippen molar-refractivity contribution in [3.05, 3.63) is 22.5 Å². The fraction of sp³-hybridized carbons (Fsp3) is 0.769. The summed E-state index contributed by atoms with van der Waals surface area (Å²) in [7, 11) is 0. The molecule has 0 radical (unpaired) electrons. The maximum atomic E-state index is 10.5. The van der Waals surface area contributed by atoms with Gasteiger partial charge in [0.05, 0.1) is 17.6 Å². The SMILES string of the molecule is CCCCOCCCNCC(O)Cn1cc([N+](=O)[O-])cn1. The van der Waals surface area contributed by atoms with E-state index in [4.69, 9.17) is 4.74 Å². The maximum Gasteiger partial charge on any atom is 0.306 e. The maximum absolute atomic E-state index is 10.5. The summed E-state index contributed by atoms with van der Waals surface area (Å²) in [4.78, 5) is 10.00. The number of aromatic nitrogens is 2. The monoisotopic (exact) mass is 300 g/mol. The number of nitro groups is 1. The lowest BCUT2D eigenvalue weighted by Crippen LogP contribution is -2.31. The first-order valence-corrected chi connectivity index (χ1v) is 7.26. The van der Waals surface area contributed by atoms with Crippen molar-refractivity contribution in [3.63, 3.8) is 0 Å². The second kappa shape index (κ2) is 10.3. The average molecular weight is 300 g/mol. The van der Waals surface area contributed by atoms with E-state index < -0.39 is 11.0 Å². The van der Waals surface area contributed by atoms with Crippen molar-refractivity contribution < 1.29 is 14.8 Å². The van der Waals surface area contributed by atoms with Crippen molar-refractivity contribution in [1.29, 1.82) is 0 Å². The third kappa shape index (κ3) is 7.74. The minimum Gasteiger partial charge on any atom is -0.390 e. The number of nitrogens with one attached hydrogen (secondary N) is 1. The number of rotatable bonds is 12. The first-order chi connectivity index (χ1) is 10.1. The van der Waals surface area contributed by atoms with Crippen molar-refractivity contribution in [2.24, 2.45) is 0 Å². The van der Waals surface area contributed by atoms with E-state index in [0.717, 1.165) is 32.4 Å². The van der Waals surface area contributed by atoms with E-state index in [1.54, 1.807) is 0 Å². The molecule has 0 fully saturated rings. The highest BCUT2D eigenvalue weighted by molar-refractivity contribution is 5.20. The van der Waals surface area contributed by atoms with Crippen molar-refractivity contribution in [2.75, 3.05) is 26.3 Å². The van der Waals surface area contributed by atoms with E-state index in [9.17, 15) is 15.2 Å². The molecule has 0 aliphatic heterocycles. The lowest BCUT2D eigenvalue weighted by atomic mass is 10.3. The van der Waals surface area contributed by atoms with Gasteiger partial charge >= 0.3 is 5.69 Å². The molecule has 120 valence electrons. The topological polar surface area (TPSA) is 102 Å². The van der Waals surface area contributed by atoms with Crippen LogP contribution in [0, 0.1) is 10.1 Å². The van der Waals surface area contributed by atoms with Crippen molar-refractivity contribution in [3.8, 4) is 0 Å². The summed E-state index contributed by atoms with van der Waals surface area (Å²) < 4.78 is 6.79. The van der Waals surface area contributed by atoms with Gasteiger partial charge in [-0.25, -0.2) is 0 Å². The first-order valence-electron chi connectivity index (χ1n) is 7.26. The molecule has 1 rings (SSSR count). The highest BCUT2D eigenvalue weighted by atomic mass is 16.6. The molecule has 0 aliphatic rings. The van der Waals surface area contributed by atoms with Crippen LogP contribution >= 0.6 is 0 Å². The summed E-state index contributed by atoms with van der Waals surface area (Å²) in [6.45, 7) is 5.06. The Balaban J connectivity index is 2.05. The molecule has 1 heterocycles. The molecule has 0 bridgehead atoms.